The second-order valence-corrected chi connectivity index (χ2v) is 4.26. The highest BCUT2D eigenvalue weighted by Crippen LogP contribution is 2.30. The smallest absolute Gasteiger partial charge is 0.126 e. The number of hydrogen-bond donors (Lipinski definition) is 2. The summed E-state index contributed by atoms with van der Waals surface area (Å²) in [5.41, 5.74) is 3.57. The van der Waals surface area contributed by atoms with Gasteiger partial charge in [0.2, 0.25) is 0 Å². The molecule has 82 valence electrons. The normalized spacial score (nSPS) is 18.5. The lowest BCUT2D eigenvalue weighted by Gasteiger charge is -2.33. The molecular weight excluding hydrogens is 191 g/mol. The van der Waals surface area contributed by atoms with Crippen LogP contribution in [0.5, 0.6) is 0 Å². The van der Waals surface area contributed by atoms with Crippen molar-refractivity contribution in [3.8, 4) is 0 Å². The quantitative estimate of drug-likeness (QED) is 0.586. The number of nitrogens with two attached hydrogens (primary N) is 1. The molecule has 1 aliphatic rings. The molecule has 0 saturated heterocycles. The van der Waals surface area contributed by atoms with Gasteiger partial charge in [0.1, 0.15) is 5.82 Å². The summed E-state index contributed by atoms with van der Waals surface area (Å²) in [6, 6.07) is 7.14. The van der Waals surface area contributed by atoms with Crippen molar-refractivity contribution >= 4 is 0 Å². The molecular formula is C12H17FN2. The maximum Gasteiger partial charge on any atom is 0.126 e. The number of hydrogen-bond acceptors (Lipinski definition) is 2. The van der Waals surface area contributed by atoms with Gasteiger partial charge in [-0.05, 0) is 36.8 Å². The van der Waals surface area contributed by atoms with Gasteiger partial charge >= 0.3 is 0 Å². The van der Waals surface area contributed by atoms with Crippen LogP contribution >= 0.6 is 0 Å². The van der Waals surface area contributed by atoms with Crippen LogP contribution in [0.15, 0.2) is 24.3 Å². The molecule has 2 rings (SSSR count). The molecule has 3 heteroatoms. The summed E-state index contributed by atoms with van der Waals surface area (Å²) in [4.78, 5) is 0. The van der Waals surface area contributed by atoms with Crippen molar-refractivity contribution in [3.63, 3.8) is 0 Å². The zero-order valence-electron chi connectivity index (χ0n) is 8.75. The molecule has 1 saturated carbocycles. The summed E-state index contributed by atoms with van der Waals surface area (Å²) in [7, 11) is 0. The number of benzene rings is 1. The van der Waals surface area contributed by atoms with Crippen molar-refractivity contribution in [1.29, 1.82) is 0 Å². The van der Waals surface area contributed by atoms with Gasteiger partial charge in [0.15, 0.2) is 0 Å². The standard InChI is InChI=1S/C12H17FN2/c13-11-7-2-1-4-10(11)8-12(15-14)9-5-3-6-9/h1-2,4,7,9,12,15H,3,5-6,8,14H2. The first-order valence-corrected chi connectivity index (χ1v) is 5.51. The summed E-state index contributed by atoms with van der Waals surface area (Å²) in [6.45, 7) is 0. The zero-order chi connectivity index (χ0) is 10.7. The van der Waals surface area contributed by atoms with Crippen LogP contribution in [0, 0.1) is 11.7 Å². The lowest BCUT2D eigenvalue weighted by molar-refractivity contribution is 0.227. The third-order valence-electron chi connectivity index (χ3n) is 3.33. The van der Waals surface area contributed by atoms with Crippen LogP contribution in [0.25, 0.3) is 0 Å². The van der Waals surface area contributed by atoms with Crippen LogP contribution in [0.1, 0.15) is 24.8 Å². The predicted octanol–water partition coefficient (Wildman–Crippen LogP) is 2.00. The van der Waals surface area contributed by atoms with E-state index in [-0.39, 0.29) is 11.9 Å². The van der Waals surface area contributed by atoms with Gasteiger partial charge in [-0.25, -0.2) is 4.39 Å². The predicted molar refractivity (Wildman–Crippen MR) is 58.6 cm³/mol. The maximum absolute atomic E-state index is 13.4. The minimum absolute atomic E-state index is 0.128. The van der Waals surface area contributed by atoms with Crippen molar-refractivity contribution in [1.82, 2.24) is 5.43 Å². The summed E-state index contributed by atoms with van der Waals surface area (Å²) in [6.07, 6.45) is 4.39. The molecule has 15 heavy (non-hydrogen) atoms. The van der Waals surface area contributed by atoms with Crippen molar-refractivity contribution in [2.45, 2.75) is 31.7 Å². The minimum atomic E-state index is -0.128. The van der Waals surface area contributed by atoms with E-state index >= 15 is 0 Å². The minimum Gasteiger partial charge on any atom is -0.271 e. The van der Waals surface area contributed by atoms with Crippen LogP contribution in [0.2, 0.25) is 0 Å². The topological polar surface area (TPSA) is 38.0 Å². The molecule has 1 unspecified atom stereocenters. The molecule has 0 aromatic heterocycles. The average Bonchev–Trinajstić information content (AvgIpc) is 2.17. The van der Waals surface area contributed by atoms with Gasteiger partial charge in [0.05, 0.1) is 0 Å². The Bertz CT molecular complexity index is 323. The molecule has 2 nitrogen and oxygen atoms in total. The van der Waals surface area contributed by atoms with Gasteiger partial charge in [-0.2, -0.15) is 0 Å². The van der Waals surface area contributed by atoms with E-state index in [0.717, 1.165) is 5.56 Å². The first-order valence-electron chi connectivity index (χ1n) is 5.51. The molecule has 1 atom stereocenters. The van der Waals surface area contributed by atoms with Gasteiger partial charge in [-0.3, -0.25) is 11.3 Å². The van der Waals surface area contributed by atoms with Gasteiger partial charge in [0, 0.05) is 6.04 Å². The molecule has 0 aliphatic heterocycles. The maximum atomic E-state index is 13.4. The molecule has 1 aromatic carbocycles. The average molecular weight is 208 g/mol. The Hall–Kier alpha value is -0.930. The zero-order valence-corrected chi connectivity index (χ0v) is 8.75. The lowest BCUT2D eigenvalue weighted by atomic mass is 9.78. The summed E-state index contributed by atoms with van der Waals surface area (Å²) in [5.74, 6) is 6.00. The number of rotatable bonds is 4. The highest BCUT2D eigenvalue weighted by Gasteiger charge is 2.26. The van der Waals surface area contributed by atoms with Gasteiger partial charge in [0.25, 0.3) is 0 Å². The van der Waals surface area contributed by atoms with E-state index in [4.69, 9.17) is 5.84 Å². The Labute approximate surface area is 89.6 Å². The molecule has 3 N–H and O–H groups in total. The number of halogens is 1. The van der Waals surface area contributed by atoms with E-state index in [1.165, 1.54) is 25.3 Å². The van der Waals surface area contributed by atoms with Crippen molar-refractivity contribution in [3.05, 3.63) is 35.6 Å². The highest BCUT2D eigenvalue weighted by molar-refractivity contribution is 5.18. The first-order chi connectivity index (χ1) is 7.31. The van der Waals surface area contributed by atoms with E-state index in [9.17, 15) is 4.39 Å². The molecule has 0 radical (unpaired) electrons. The molecule has 0 spiro atoms. The summed E-state index contributed by atoms with van der Waals surface area (Å²) in [5, 5.41) is 0. The van der Waals surface area contributed by atoms with Gasteiger partial charge in [-0.15, -0.1) is 0 Å². The Balaban J connectivity index is 2.02. The molecule has 0 amide bonds. The molecule has 1 fully saturated rings. The third kappa shape index (κ3) is 2.36. The molecule has 1 aliphatic carbocycles. The largest absolute Gasteiger partial charge is 0.271 e. The SMILES string of the molecule is NNC(Cc1ccccc1F)C1CCC1. The van der Waals surface area contributed by atoms with Crippen molar-refractivity contribution < 1.29 is 4.39 Å². The monoisotopic (exact) mass is 208 g/mol. The van der Waals surface area contributed by atoms with Gasteiger partial charge in [-0.1, -0.05) is 24.6 Å². The van der Waals surface area contributed by atoms with E-state index < -0.39 is 0 Å². The van der Waals surface area contributed by atoms with Crippen LogP contribution in [-0.2, 0) is 6.42 Å². The third-order valence-corrected chi connectivity index (χ3v) is 3.33. The van der Waals surface area contributed by atoms with E-state index in [2.05, 4.69) is 5.43 Å². The molecule has 1 aromatic rings. The van der Waals surface area contributed by atoms with Crippen molar-refractivity contribution in [2.24, 2.45) is 11.8 Å². The Morgan fingerprint density at radius 1 is 1.40 bits per heavy atom. The van der Waals surface area contributed by atoms with E-state index in [0.29, 0.717) is 12.3 Å². The fraction of sp³-hybridized carbons (Fsp3) is 0.500. The van der Waals surface area contributed by atoms with Crippen LogP contribution < -0.4 is 11.3 Å². The Morgan fingerprint density at radius 2 is 2.13 bits per heavy atom. The van der Waals surface area contributed by atoms with Gasteiger partial charge < -0.3 is 0 Å². The lowest BCUT2D eigenvalue weighted by Crippen LogP contribution is -2.45. The molecule has 0 heterocycles. The summed E-state index contributed by atoms with van der Waals surface area (Å²) < 4.78 is 13.4. The second kappa shape index (κ2) is 4.73. The van der Waals surface area contributed by atoms with E-state index in [1.54, 1.807) is 6.07 Å². The number of nitrogens with one attached hydrogen (secondary N) is 1. The fourth-order valence-electron chi connectivity index (χ4n) is 2.10. The van der Waals surface area contributed by atoms with Crippen LogP contribution in [0.3, 0.4) is 0 Å². The highest BCUT2D eigenvalue weighted by atomic mass is 19.1. The van der Waals surface area contributed by atoms with E-state index in [1.807, 2.05) is 12.1 Å². The Morgan fingerprint density at radius 3 is 2.67 bits per heavy atom. The second-order valence-electron chi connectivity index (χ2n) is 4.26. The van der Waals surface area contributed by atoms with Crippen LogP contribution in [-0.4, -0.2) is 6.04 Å². The fourth-order valence-corrected chi connectivity index (χ4v) is 2.10. The Kier molecular flexibility index (Phi) is 3.34. The summed E-state index contributed by atoms with van der Waals surface area (Å²) >= 11 is 0. The number of hydrazine groups is 1. The van der Waals surface area contributed by atoms with Crippen LogP contribution in [0.4, 0.5) is 4.39 Å². The molecule has 0 bridgehead atoms. The van der Waals surface area contributed by atoms with Crippen molar-refractivity contribution in [2.75, 3.05) is 0 Å². The first kappa shape index (κ1) is 10.6.